The molecule has 0 saturated carbocycles. The first-order chi connectivity index (χ1) is 72.4. The lowest BCUT2D eigenvalue weighted by molar-refractivity contribution is -0.111. The molecule has 0 atom stereocenters. The number of hydrogen-bond donors (Lipinski definition) is 12. The van der Waals surface area contributed by atoms with Gasteiger partial charge in [-0.15, -0.1) is 56.7 Å². The van der Waals surface area contributed by atoms with Crippen molar-refractivity contribution in [2.45, 2.75) is 146 Å². The van der Waals surface area contributed by atoms with Crippen molar-refractivity contribution in [3.05, 3.63) is 329 Å². The summed E-state index contributed by atoms with van der Waals surface area (Å²) in [6, 6.07) is 60.5. The van der Waals surface area contributed by atoms with E-state index in [1.807, 2.05) is 126 Å². The minimum Gasteiger partial charge on any atom is -0.506 e. The fourth-order valence-electron chi connectivity index (χ4n) is 17.0. The number of rotatable bonds is 25. The lowest BCUT2D eigenvalue weighted by atomic mass is 10.1. The van der Waals surface area contributed by atoms with Gasteiger partial charge in [0, 0.05) is 173 Å². The Kier molecular flexibility index (Phi) is 35.1. The number of sulfonamides is 1. The van der Waals surface area contributed by atoms with Gasteiger partial charge in [0.05, 0.1) is 48.5 Å². The van der Waals surface area contributed by atoms with E-state index in [-0.39, 0.29) is 59.6 Å². The summed E-state index contributed by atoms with van der Waals surface area (Å²) in [5.41, 5.74) is 19.9. The molecule has 0 saturated heterocycles. The highest BCUT2D eigenvalue weighted by molar-refractivity contribution is 7.92. The molecule has 10 heterocycles. The fourth-order valence-corrected chi connectivity index (χ4v) is 22.0. The highest BCUT2D eigenvalue weighted by Crippen LogP contribution is 2.37. The minimum atomic E-state index is -3.52. The number of H-pyrrole nitrogens is 3. The number of benzene rings is 10. The van der Waals surface area contributed by atoms with Crippen LogP contribution in [0.15, 0.2) is 231 Å². The predicted molar refractivity (Wildman–Crippen MR) is 611 cm³/mol. The molecule has 0 spiro atoms. The van der Waals surface area contributed by atoms with E-state index in [1.165, 1.54) is 61.7 Å². The van der Waals surface area contributed by atoms with E-state index < -0.39 is 10.0 Å². The second-order valence-corrected chi connectivity index (χ2v) is 44.4. The third-order valence-corrected chi connectivity index (χ3v) is 29.5. The van der Waals surface area contributed by atoms with Crippen molar-refractivity contribution in [2.24, 2.45) is 11.8 Å². The van der Waals surface area contributed by atoms with E-state index in [0.29, 0.717) is 88.7 Å². The summed E-state index contributed by atoms with van der Waals surface area (Å²) in [5, 5.41) is 75.7. The van der Waals surface area contributed by atoms with Crippen LogP contribution in [0.5, 0.6) is 28.7 Å². The number of carbonyl (C=O) groups is 3. The average molecular weight is 2100 g/mol. The third kappa shape index (κ3) is 28.1. The lowest BCUT2D eigenvalue weighted by Gasteiger charge is -2.09. The van der Waals surface area contributed by atoms with Gasteiger partial charge in [0.1, 0.15) is 67.7 Å². The Morgan fingerprint density at radius 2 is 0.827 bits per heavy atom. The van der Waals surface area contributed by atoms with Crippen molar-refractivity contribution >= 4 is 185 Å². The molecular weight excluding hydrogens is 1990 g/mol. The smallest absolute Gasteiger partial charge is 0.267 e. The quantitative estimate of drug-likeness (QED) is 0.0144. The Morgan fingerprint density at radius 3 is 1.25 bits per heavy atom. The molecule has 0 aliphatic carbocycles. The zero-order chi connectivity index (χ0) is 106. The highest BCUT2D eigenvalue weighted by atomic mass is 32.2. The molecule has 0 aliphatic heterocycles. The van der Waals surface area contributed by atoms with Crippen molar-refractivity contribution in [3.63, 3.8) is 0 Å². The van der Waals surface area contributed by atoms with Crippen molar-refractivity contribution in [3.8, 4) is 88.0 Å². The molecule has 0 radical (unpaired) electrons. The molecule has 758 valence electrons. The first kappa shape index (κ1) is 106. The number of amides is 3. The first-order valence-electron chi connectivity index (χ1n) is 48.9. The molecule has 10 aromatic heterocycles. The van der Waals surface area contributed by atoms with Crippen molar-refractivity contribution < 1.29 is 48.3 Å². The maximum Gasteiger partial charge on any atom is 0.267 e. The Balaban J connectivity index is 0.000000135. The molecule has 31 heteroatoms. The van der Waals surface area contributed by atoms with Crippen LogP contribution in [-0.2, 0) is 66.6 Å². The highest BCUT2D eigenvalue weighted by Gasteiger charge is 2.19. The van der Waals surface area contributed by atoms with Gasteiger partial charge in [-0.05, 0) is 227 Å². The van der Waals surface area contributed by atoms with Gasteiger partial charge < -0.3 is 60.6 Å². The number of phenolic OH excluding ortho intramolecular Hbond substituents is 5. The van der Waals surface area contributed by atoms with Gasteiger partial charge in [-0.2, -0.15) is 5.10 Å². The average Bonchev–Trinajstić information content (AvgIpc) is 1.68. The van der Waals surface area contributed by atoms with Gasteiger partial charge in [-0.1, -0.05) is 173 Å². The normalized spacial score (nSPS) is 11.0. The van der Waals surface area contributed by atoms with Crippen LogP contribution in [0, 0.1) is 106 Å². The molecule has 25 nitrogen and oxygen atoms in total. The number of phenols is 5. The Bertz CT molecular complexity index is 8900. The standard InChI is InChI=1S/C31H26N4O3S.C25H24N4O4S2.2C24H24N2OS.C15H13N3OS/c1-3-28(37)34-24-13-11-20(12-14-24)18-32-31(38)25-17-23-10-6-9-22(29(23)35-25)8-5-4-7-21-15-26(36)30-27(16-21)39-19(2)33-30;1-3-35(32,33)27-12-11-26-25(31)20-15-19-10-6-9-18(23(19)29-20)8-5-4-7-17-13-21(30)24-22(14-17)34-16(2)28-24;1-16(2)15-26-12-11-20-19(9-6-10-21(20)26)8-5-4-7-18-13-22(27)24-23(14-18)28-17(3)25-24;1-16(2)15-26-11-10-20-9-8-18(12-21(20)26)6-4-5-7-19-13-22(27)24-23(14-19)28-17(3)25-24;1-10-17-15-13(19)8-11(9-14(15)20-10)4-2-3-5-12-6-7-16-18-12/h3,6,9-17,35-36H,1,5,8,18H2,2H3,(H,32,38)(H,34,37);3,6,9-10,13-15,27,29-30H,1,5,8,11-12H2,2H3,(H,26,31);6,9-14,16,27H,5,8,15H2,1-3H3;8-14,16,27H,4,6,15H2,1-3H3;6-9,19H,3,5H2,1H3,(H,16,18). The molecule has 20 rings (SSSR count). The monoisotopic (exact) mass is 2100 g/mol. The van der Waals surface area contributed by atoms with Crippen LogP contribution < -0.4 is 20.7 Å². The number of carbonyl (C=O) groups excluding carboxylic acids is 3. The number of hydrogen-bond acceptors (Lipinski definition) is 21. The van der Waals surface area contributed by atoms with Crippen LogP contribution in [0.4, 0.5) is 5.69 Å². The molecule has 20 aromatic rings. The summed E-state index contributed by atoms with van der Waals surface area (Å²) >= 11 is 7.79. The van der Waals surface area contributed by atoms with E-state index in [9.17, 15) is 48.3 Å². The molecular formula is C119H111N15O10S6. The van der Waals surface area contributed by atoms with Gasteiger partial charge in [-0.3, -0.25) is 19.5 Å². The number of aromatic amines is 3. The SMILES string of the molecule is C=CC(=O)Nc1ccc(CNC(=O)c2cc3cccc(CCC#Cc4cc(O)c5nc(C)sc5c4)c3[nH]2)cc1.C=CS(=O)(=O)NCCNC(=O)c1cc2cccc(CCC#Cc3cc(O)c4nc(C)sc4c3)c2[nH]1.Cc1nc2c(O)cc(C#CCCc3ccc4ccn(CC(C)C)c4c3)cc2s1.Cc1nc2c(O)cc(C#CCCc3cccc4c3ccn4CC(C)C)cc2s1.Cc1nc2c(O)cc(C#CCCc3ccn[nH]3)cc2s1. The summed E-state index contributed by atoms with van der Waals surface area (Å²) in [6.07, 6.45) is 15.0. The molecule has 10 aromatic carbocycles. The second kappa shape index (κ2) is 49.4. The second-order valence-electron chi connectivity index (χ2n) is 36.5. The summed E-state index contributed by atoms with van der Waals surface area (Å²) < 4.78 is 34.5. The fraction of sp³-hybridized carbons (Fsp3) is 0.218. The third-order valence-electron chi connectivity index (χ3n) is 23.9. The zero-order valence-electron chi connectivity index (χ0n) is 84.3. The summed E-state index contributed by atoms with van der Waals surface area (Å²) in [4.78, 5) is 64.8. The number of fused-ring (bicyclic) bond motifs is 9. The molecule has 0 fully saturated rings. The number of aromatic nitrogens is 11. The van der Waals surface area contributed by atoms with Gasteiger partial charge in [0.25, 0.3) is 11.8 Å². The minimum absolute atomic E-state index is 0.0670. The summed E-state index contributed by atoms with van der Waals surface area (Å²) in [6.45, 7) is 27.9. The number of aromatic hydroxyl groups is 5. The number of nitrogens with zero attached hydrogens (tertiary/aromatic N) is 8. The van der Waals surface area contributed by atoms with E-state index >= 15 is 0 Å². The van der Waals surface area contributed by atoms with Crippen LogP contribution in [0.2, 0.25) is 0 Å². The maximum absolute atomic E-state index is 12.8. The van der Waals surface area contributed by atoms with Gasteiger partial charge >= 0.3 is 0 Å². The van der Waals surface area contributed by atoms with Crippen LogP contribution in [0.3, 0.4) is 0 Å². The summed E-state index contributed by atoms with van der Waals surface area (Å²) in [7, 11) is -3.52. The lowest BCUT2D eigenvalue weighted by Crippen LogP contribution is -2.34. The largest absolute Gasteiger partial charge is 0.506 e. The van der Waals surface area contributed by atoms with Gasteiger partial charge in [-0.25, -0.2) is 38.1 Å². The zero-order valence-corrected chi connectivity index (χ0v) is 89.2. The number of anilines is 1. The van der Waals surface area contributed by atoms with E-state index in [4.69, 9.17) is 0 Å². The Labute approximate surface area is 889 Å². The predicted octanol–water partition coefficient (Wildman–Crippen LogP) is 24.2. The number of para-hydroxylation sites is 2. The van der Waals surface area contributed by atoms with Crippen molar-refractivity contribution in [1.82, 2.24) is 69.6 Å². The maximum atomic E-state index is 12.8. The molecule has 0 aliphatic rings. The van der Waals surface area contributed by atoms with Crippen molar-refractivity contribution in [1.29, 1.82) is 0 Å². The Hall–Kier alpha value is -16.4. The molecule has 0 bridgehead atoms. The number of aryl methyl sites for hydroxylation is 10. The molecule has 0 unspecified atom stereocenters. The summed E-state index contributed by atoms with van der Waals surface area (Å²) in [5.74, 6) is 33.1. The van der Waals surface area contributed by atoms with Gasteiger partial charge in [0.2, 0.25) is 15.9 Å². The topological polar surface area (TPSA) is 369 Å². The Morgan fingerprint density at radius 1 is 0.427 bits per heavy atom. The van der Waals surface area contributed by atoms with Crippen LogP contribution in [-0.4, -0.2) is 119 Å². The molecule has 150 heavy (non-hydrogen) atoms. The van der Waals surface area contributed by atoms with Gasteiger partial charge in [0.15, 0.2) is 0 Å². The van der Waals surface area contributed by atoms with E-state index in [1.54, 1.807) is 88.7 Å². The van der Waals surface area contributed by atoms with E-state index in [0.717, 1.165) is 178 Å². The number of nitrogens with one attached hydrogen (secondary N) is 7. The van der Waals surface area contributed by atoms with E-state index in [2.05, 4.69) is 236 Å². The van der Waals surface area contributed by atoms with Crippen LogP contribution in [0.1, 0.15) is 167 Å². The molecule has 12 N–H and O–H groups in total. The van der Waals surface area contributed by atoms with Crippen molar-refractivity contribution in [2.75, 3.05) is 18.4 Å². The van der Waals surface area contributed by atoms with Crippen LogP contribution >= 0.6 is 56.7 Å². The first-order valence-corrected chi connectivity index (χ1v) is 54.5. The molecule has 3 amide bonds. The number of thiazole rings is 5. The van der Waals surface area contributed by atoms with Crippen LogP contribution in [0.25, 0.3) is 94.7 Å².